The van der Waals surface area contributed by atoms with Gasteiger partial charge in [0.05, 0.1) is 0 Å². The Morgan fingerprint density at radius 2 is 1.87 bits per heavy atom. The van der Waals surface area contributed by atoms with Gasteiger partial charge in [-0.1, -0.05) is 25.0 Å². The lowest BCUT2D eigenvalue weighted by Gasteiger charge is -2.36. The van der Waals surface area contributed by atoms with Crippen molar-refractivity contribution in [3.8, 4) is 0 Å². The van der Waals surface area contributed by atoms with Crippen LogP contribution in [-0.2, 0) is 11.3 Å². The molecule has 1 aromatic rings. The molecule has 1 N–H and O–H groups in total. The Morgan fingerprint density at radius 3 is 2.52 bits per heavy atom. The van der Waals surface area contributed by atoms with Crippen molar-refractivity contribution in [1.82, 2.24) is 9.80 Å². The van der Waals surface area contributed by atoms with Gasteiger partial charge in [0.2, 0.25) is 5.91 Å². The third-order valence-electron chi connectivity index (χ3n) is 5.50. The van der Waals surface area contributed by atoms with Crippen molar-refractivity contribution in [2.24, 2.45) is 5.92 Å². The van der Waals surface area contributed by atoms with Crippen LogP contribution >= 0.6 is 0 Å². The molecule has 2 fully saturated rings. The number of anilines is 1. The second-order valence-electron chi connectivity index (χ2n) is 6.92. The van der Waals surface area contributed by atoms with Crippen LogP contribution in [0.25, 0.3) is 0 Å². The van der Waals surface area contributed by atoms with Crippen LogP contribution in [0.3, 0.4) is 0 Å². The van der Waals surface area contributed by atoms with E-state index in [2.05, 4.69) is 40.2 Å². The molecule has 1 saturated carbocycles. The van der Waals surface area contributed by atoms with E-state index in [0.29, 0.717) is 11.8 Å². The number of benzene rings is 1. The highest BCUT2D eigenvalue weighted by atomic mass is 16.2. The third kappa shape index (κ3) is 3.69. The summed E-state index contributed by atoms with van der Waals surface area (Å²) in [5, 5.41) is 3.25. The average Bonchev–Trinajstić information content (AvgIpc) is 3.11. The van der Waals surface area contributed by atoms with Crippen molar-refractivity contribution in [3.05, 3.63) is 29.3 Å². The zero-order valence-electron chi connectivity index (χ0n) is 14.5. The van der Waals surface area contributed by atoms with Crippen molar-refractivity contribution in [3.63, 3.8) is 0 Å². The first-order valence-electron chi connectivity index (χ1n) is 8.96. The minimum atomic E-state index is 0.316. The Balaban J connectivity index is 1.54. The van der Waals surface area contributed by atoms with Crippen LogP contribution in [-0.4, -0.2) is 48.9 Å². The van der Waals surface area contributed by atoms with E-state index >= 15 is 0 Å². The topological polar surface area (TPSA) is 35.6 Å². The summed E-state index contributed by atoms with van der Waals surface area (Å²) < 4.78 is 0. The highest BCUT2D eigenvalue weighted by Crippen LogP contribution is 2.27. The lowest BCUT2D eigenvalue weighted by Crippen LogP contribution is -2.49. The molecular formula is C19H29N3O. The summed E-state index contributed by atoms with van der Waals surface area (Å²) in [6.45, 7) is 6.91. The zero-order chi connectivity index (χ0) is 16.2. The standard InChI is InChI=1S/C19H29N3O/c1-15-17(8-5-9-18(15)20-2)14-21-10-12-22(13-11-21)19(23)16-6-3-4-7-16/h5,8-9,16,20H,3-4,6-7,10-14H2,1-2H3. The van der Waals surface area contributed by atoms with Gasteiger partial charge in [-0.15, -0.1) is 0 Å². The first-order chi connectivity index (χ1) is 11.2. The number of nitrogens with zero attached hydrogens (tertiary/aromatic N) is 2. The Bertz CT molecular complexity index is 544. The summed E-state index contributed by atoms with van der Waals surface area (Å²) in [7, 11) is 1.97. The second-order valence-corrected chi connectivity index (χ2v) is 6.92. The summed E-state index contributed by atoms with van der Waals surface area (Å²) in [4.78, 5) is 17.1. The van der Waals surface area contributed by atoms with E-state index in [1.165, 1.54) is 29.7 Å². The summed E-state index contributed by atoms with van der Waals surface area (Å²) >= 11 is 0. The molecule has 0 atom stereocenters. The van der Waals surface area contributed by atoms with Gasteiger partial charge in [0.1, 0.15) is 0 Å². The van der Waals surface area contributed by atoms with Crippen molar-refractivity contribution in [2.75, 3.05) is 38.5 Å². The molecule has 1 saturated heterocycles. The molecule has 1 amide bonds. The molecule has 0 aromatic heterocycles. The van der Waals surface area contributed by atoms with Gasteiger partial charge < -0.3 is 10.2 Å². The van der Waals surface area contributed by atoms with Crippen molar-refractivity contribution < 1.29 is 4.79 Å². The fraction of sp³-hybridized carbons (Fsp3) is 0.632. The van der Waals surface area contributed by atoms with Crippen LogP contribution in [0.2, 0.25) is 0 Å². The third-order valence-corrected chi connectivity index (χ3v) is 5.50. The number of piperazine rings is 1. The van der Waals surface area contributed by atoms with Gasteiger partial charge in [-0.25, -0.2) is 0 Å². The highest BCUT2D eigenvalue weighted by Gasteiger charge is 2.29. The van der Waals surface area contributed by atoms with E-state index in [1.807, 2.05) is 7.05 Å². The molecule has 1 aromatic carbocycles. The molecular weight excluding hydrogens is 286 g/mol. The molecule has 3 rings (SSSR count). The monoisotopic (exact) mass is 315 g/mol. The summed E-state index contributed by atoms with van der Waals surface area (Å²) in [6, 6.07) is 6.46. The van der Waals surface area contributed by atoms with E-state index in [0.717, 1.165) is 45.6 Å². The van der Waals surface area contributed by atoms with Gasteiger partial charge >= 0.3 is 0 Å². The molecule has 1 aliphatic heterocycles. The largest absolute Gasteiger partial charge is 0.388 e. The summed E-state index contributed by atoms with van der Waals surface area (Å²) in [5.74, 6) is 0.728. The maximum absolute atomic E-state index is 12.5. The number of amides is 1. The molecule has 0 spiro atoms. The predicted molar refractivity (Wildman–Crippen MR) is 94.5 cm³/mol. The van der Waals surface area contributed by atoms with Gasteiger partial charge in [0.25, 0.3) is 0 Å². The first kappa shape index (κ1) is 16.3. The quantitative estimate of drug-likeness (QED) is 0.928. The molecule has 1 aliphatic carbocycles. The predicted octanol–water partition coefficient (Wildman–Crippen LogP) is 2.87. The van der Waals surface area contributed by atoms with E-state index in [1.54, 1.807) is 0 Å². The molecule has 1 heterocycles. The van der Waals surface area contributed by atoms with Gasteiger partial charge in [-0.2, -0.15) is 0 Å². The molecule has 0 bridgehead atoms. The lowest BCUT2D eigenvalue weighted by molar-refractivity contribution is -0.137. The molecule has 4 heteroatoms. The zero-order valence-corrected chi connectivity index (χ0v) is 14.5. The highest BCUT2D eigenvalue weighted by molar-refractivity contribution is 5.79. The fourth-order valence-electron chi connectivity index (χ4n) is 3.92. The molecule has 0 unspecified atom stereocenters. The first-order valence-corrected chi connectivity index (χ1v) is 8.96. The average molecular weight is 315 g/mol. The summed E-state index contributed by atoms with van der Waals surface area (Å²) in [5.41, 5.74) is 3.92. The lowest BCUT2D eigenvalue weighted by atomic mass is 10.0. The van der Waals surface area contributed by atoms with Crippen LogP contribution in [0.1, 0.15) is 36.8 Å². The van der Waals surface area contributed by atoms with Gasteiger partial charge in [0.15, 0.2) is 0 Å². The van der Waals surface area contributed by atoms with E-state index in [4.69, 9.17) is 0 Å². The minimum absolute atomic E-state index is 0.316. The Labute approximate surface area is 139 Å². The molecule has 4 nitrogen and oxygen atoms in total. The van der Waals surface area contributed by atoms with Gasteiger partial charge in [-0.3, -0.25) is 9.69 Å². The van der Waals surface area contributed by atoms with Crippen LogP contribution in [0, 0.1) is 12.8 Å². The molecule has 2 aliphatic rings. The smallest absolute Gasteiger partial charge is 0.225 e. The van der Waals surface area contributed by atoms with Crippen LogP contribution in [0.5, 0.6) is 0 Å². The second kappa shape index (κ2) is 7.35. The Hall–Kier alpha value is -1.55. The van der Waals surface area contributed by atoms with Gasteiger partial charge in [-0.05, 0) is 37.0 Å². The minimum Gasteiger partial charge on any atom is -0.388 e. The molecule has 126 valence electrons. The number of hydrogen-bond acceptors (Lipinski definition) is 3. The van der Waals surface area contributed by atoms with E-state index < -0.39 is 0 Å². The number of rotatable bonds is 4. The molecule has 23 heavy (non-hydrogen) atoms. The van der Waals surface area contributed by atoms with Crippen LogP contribution < -0.4 is 5.32 Å². The van der Waals surface area contributed by atoms with Crippen molar-refractivity contribution in [2.45, 2.75) is 39.2 Å². The maximum Gasteiger partial charge on any atom is 0.225 e. The van der Waals surface area contributed by atoms with Crippen molar-refractivity contribution in [1.29, 1.82) is 0 Å². The number of nitrogens with one attached hydrogen (secondary N) is 1. The van der Waals surface area contributed by atoms with Crippen LogP contribution in [0.4, 0.5) is 5.69 Å². The number of carbonyl (C=O) groups excluding carboxylic acids is 1. The van der Waals surface area contributed by atoms with Crippen LogP contribution in [0.15, 0.2) is 18.2 Å². The molecule has 0 radical (unpaired) electrons. The maximum atomic E-state index is 12.5. The Kier molecular flexibility index (Phi) is 5.21. The van der Waals surface area contributed by atoms with E-state index in [9.17, 15) is 4.79 Å². The normalized spacial score (nSPS) is 20.0. The Morgan fingerprint density at radius 1 is 1.17 bits per heavy atom. The van der Waals surface area contributed by atoms with Crippen molar-refractivity contribution >= 4 is 11.6 Å². The summed E-state index contributed by atoms with van der Waals surface area (Å²) in [6.07, 6.45) is 4.68. The number of carbonyl (C=O) groups is 1. The fourth-order valence-corrected chi connectivity index (χ4v) is 3.92. The van der Waals surface area contributed by atoms with Gasteiger partial charge in [0, 0.05) is 51.4 Å². The SMILES string of the molecule is CNc1cccc(CN2CCN(C(=O)C3CCCC3)CC2)c1C. The number of hydrogen-bond donors (Lipinski definition) is 1. The van der Waals surface area contributed by atoms with E-state index in [-0.39, 0.29) is 0 Å².